The molecule has 0 bridgehead atoms. The van der Waals surface area contributed by atoms with Gasteiger partial charge in [0, 0.05) is 12.3 Å². The second-order valence-corrected chi connectivity index (χ2v) is 6.37. The fourth-order valence-corrected chi connectivity index (χ4v) is 2.70. The highest BCUT2D eigenvalue weighted by Gasteiger charge is 2.19. The fraction of sp³-hybridized carbons (Fsp3) is 0.333. The monoisotopic (exact) mass is 369 g/mol. The van der Waals surface area contributed by atoms with Crippen molar-refractivity contribution in [3.05, 3.63) is 60.2 Å². The summed E-state index contributed by atoms with van der Waals surface area (Å²) >= 11 is 0. The summed E-state index contributed by atoms with van der Waals surface area (Å²) < 4.78 is 16.4. The molecule has 1 saturated heterocycles. The van der Waals surface area contributed by atoms with Crippen molar-refractivity contribution in [1.82, 2.24) is 0 Å². The first-order valence-corrected chi connectivity index (χ1v) is 9.03. The highest BCUT2D eigenvalue weighted by molar-refractivity contribution is 5.97. The van der Waals surface area contributed by atoms with Gasteiger partial charge in [-0.2, -0.15) is 0 Å². The molecule has 0 aliphatic carbocycles. The molecule has 6 nitrogen and oxygen atoms in total. The molecule has 1 amide bonds. The molecule has 0 aromatic heterocycles. The molecule has 1 fully saturated rings. The van der Waals surface area contributed by atoms with Crippen molar-refractivity contribution in [3.63, 3.8) is 0 Å². The zero-order chi connectivity index (χ0) is 19.1. The molecular formula is C21H23NO5. The van der Waals surface area contributed by atoms with Crippen LogP contribution < -0.4 is 10.1 Å². The van der Waals surface area contributed by atoms with E-state index in [9.17, 15) is 9.59 Å². The second-order valence-electron chi connectivity index (χ2n) is 6.37. The lowest BCUT2D eigenvalue weighted by Crippen LogP contribution is -2.29. The van der Waals surface area contributed by atoms with Crippen molar-refractivity contribution in [2.75, 3.05) is 18.5 Å². The molecular weight excluding hydrogens is 346 g/mol. The summed E-state index contributed by atoms with van der Waals surface area (Å²) in [5.41, 5.74) is 1.01. The number of rotatable bonds is 7. The van der Waals surface area contributed by atoms with Gasteiger partial charge in [0.2, 0.25) is 0 Å². The van der Waals surface area contributed by atoms with Gasteiger partial charge in [0.15, 0.2) is 6.10 Å². The van der Waals surface area contributed by atoms with Gasteiger partial charge < -0.3 is 19.5 Å². The topological polar surface area (TPSA) is 73.9 Å². The van der Waals surface area contributed by atoms with E-state index in [-0.39, 0.29) is 12.0 Å². The standard InChI is InChI=1S/C21H23NO5/c1-15(20(23)22-17-6-3-2-4-7-17)27-21(24)16-9-11-18(12-10-16)26-14-19-8-5-13-25-19/h2-4,6-7,9-12,15,19H,5,8,13-14H2,1H3,(H,22,23)/t15-,19+/m1/s1. The smallest absolute Gasteiger partial charge is 0.338 e. The molecule has 0 saturated carbocycles. The molecule has 2 atom stereocenters. The van der Waals surface area contributed by atoms with Gasteiger partial charge in [-0.1, -0.05) is 18.2 Å². The SMILES string of the molecule is C[C@@H](OC(=O)c1ccc(OC[C@@H]2CCCO2)cc1)C(=O)Nc1ccccc1. The van der Waals surface area contributed by atoms with Crippen molar-refractivity contribution in [2.45, 2.75) is 32.0 Å². The number of hydrogen-bond donors (Lipinski definition) is 1. The zero-order valence-corrected chi connectivity index (χ0v) is 15.2. The quantitative estimate of drug-likeness (QED) is 0.757. The van der Waals surface area contributed by atoms with E-state index in [4.69, 9.17) is 14.2 Å². The van der Waals surface area contributed by atoms with Crippen LogP contribution >= 0.6 is 0 Å². The number of carbonyl (C=O) groups is 2. The minimum absolute atomic E-state index is 0.138. The largest absolute Gasteiger partial charge is 0.491 e. The van der Waals surface area contributed by atoms with Gasteiger partial charge in [-0.05, 0) is 56.2 Å². The van der Waals surface area contributed by atoms with Crippen LogP contribution in [0.1, 0.15) is 30.1 Å². The Balaban J connectivity index is 1.48. The van der Waals surface area contributed by atoms with Crippen molar-refractivity contribution in [1.29, 1.82) is 0 Å². The van der Waals surface area contributed by atoms with Crippen LogP contribution in [0.15, 0.2) is 54.6 Å². The van der Waals surface area contributed by atoms with Crippen LogP contribution in [0, 0.1) is 0 Å². The van der Waals surface area contributed by atoms with E-state index < -0.39 is 12.1 Å². The van der Waals surface area contributed by atoms with Gasteiger partial charge in [-0.25, -0.2) is 4.79 Å². The third-order valence-corrected chi connectivity index (χ3v) is 4.24. The first-order valence-electron chi connectivity index (χ1n) is 9.03. The third-order valence-electron chi connectivity index (χ3n) is 4.24. The van der Waals surface area contributed by atoms with Crippen molar-refractivity contribution < 1.29 is 23.8 Å². The van der Waals surface area contributed by atoms with E-state index in [0.29, 0.717) is 23.6 Å². The van der Waals surface area contributed by atoms with Crippen LogP contribution in [0.25, 0.3) is 0 Å². The lowest BCUT2D eigenvalue weighted by Gasteiger charge is -2.14. The number of carbonyl (C=O) groups excluding carboxylic acids is 2. The Bertz CT molecular complexity index is 754. The summed E-state index contributed by atoms with van der Waals surface area (Å²) in [4.78, 5) is 24.4. The Morgan fingerprint density at radius 3 is 2.56 bits per heavy atom. The third kappa shape index (κ3) is 5.56. The van der Waals surface area contributed by atoms with Gasteiger partial charge in [-0.3, -0.25) is 4.79 Å². The zero-order valence-electron chi connectivity index (χ0n) is 15.2. The average molecular weight is 369 g/mol. The maximum Gasteiger partial charge on any atom is 0.338 e. The van der Waals surface area contributed by atoms with Gasteiger partial charge in [0.05, 0.1) is 11.7 Å². The molecule has 2 aromatic carbocycles. The van der Waals surface area contributed by atoms with Crippen LogP contribution in [-0.2, 0) is 14.3 Å². The van der Waals surface area contributed by atoms with Crippen LogP contribution in [0.2, 0.25) is 0 Å². The molecule has 2 aromatic rings. The average Bonchev–Trinajstić information content (AvgIpc) is 3.21. The lowest BCUT2D eigenvalue weighted by molar-refractivity contribution is -0.123. The van der Waals surface area contributed by atoms with Crippen molar-refractivity contribution in [2.24, 2.45) is 0 Å². The van der Waals surface area contributed by atoms with E-state index in [1.807, 2.05) is 18.2 Å². The lowest BCUT2D eigenvalue weighted by atomic mass is 10.2. The number of para-hydroxylation sites is 1. The minimum Gasteiger partial charge on any atom is -0.491 e. The Morgan fingerprint density at radius 2 is 1.89 bits per heavy atom. The Labute approximate surface area is 158 Å². The summed E-state index contributed by atoms with van der Waals surface area (Å²) in [6.45, 7) is 2.82. The summed E-state index contributed by atoms with van der Waals surface area (Å²) in [7, 11) is 0. The molecule has 3 rings (SSSR count). The Hall–Kier alpha value is -2.86. The first-order chi connectivity index (χ1) is 13.1. The van der Waals surface area contributed by atoms with Crippen molar-refractivity contribution >= 4 is 17.6 Å². The molecule has 0 radical (unpaired) electrons. The van der Waals surface area contributed by atoms with E-state index >= 15 is 0 Å². The minimum atomic E-state index is -0.909. The molecule has 1 heterocycles. The number of esters is 1. The van der Waals surface area contributed by atoms with E-state index in [0.717, 1.165) is 19.4 Å². The molecule has 6 heteroatoms. The van der Waals surface area contributed by atoms with Crippen LogP contribution in [0.4, 0.5) is 5.69 Å². The van der Waals surface area contributed by atoms with Gasteiger partial charge in [0.25, 0.3) is 5.91 Å². The highest BCUT2D eigenvalue weighted by atomic mass is 16.5. The molecule has 27 heavy (non-hydrogen) atoms. The summed E-state index contributed by atoms with van der Waals surface area (Å²) in [5, 5.41) is 2.70. The molecule has 1 aliphatic heterocycles. The highest BCUT2D eigenvalue weighted by Crippen LogP contribution is 2.17. The maximum atomic E-state index is 12.2. The number of hydrogen-bond acceptors (Lipinski definition) is 5. The Kier molecular flexibility index (Phi) is 6.44. The number of benzene rings is 2. The van der Waals surface area contributed by atoms with E-state index in [1.54, 1.807) is 36.4 Å². The number of nitrogens with one attached hydrogen (secondary N) is 1. The van der Waals surface area contributed by atoms with Crippen LogP contribution in [0.3, 0.4) is 0 Å². The normalized spacial score (nSPS) is 17.1. The predicted octanol–water partition coefficient (Wildman–Crippen LogP) is 3.43. The second kappa shape index (κ2) is 9.19. The number of amides is 1. The first kappa shape index (κ1) is 18.9. The van der Waals surface area contributed by atoms with E-state index in [2.05, 4.69) is 5.32 Å². The van der Waals surface area contributed by atoms with Gasteiger partial charge in [-0.15, -0.1) is 0 Å². The number of anilines is 1. The molecule has 0 unspecified atom stereocenters. The van der Waals surface area contributed by atoms with Crippen LogP contribution in [0.5, 0.6) is 5.75 Å². The van der Waals surface area contributed by atoms with Gasteiger partial charge in [0.1, 0.15) is 12.4 Å². The summed E-state index contributed by atoms with van der Waals surface area (Å²) in [6.07, 6.45) is 1.30. The van der Waals surface area contributed by atoms with Crippen molar-refractivity contribution in [3.8, 4) is 5.75 Å². The molecule has 1 N–H and O–H groups in total. The predicted molar refractivity (Wildman–Crippen MR) is 101 cm³/mol. The molecule has 1 aliphatic rings. The molecule has 0 spiro atoms. The number of ether oxygens (including phenoxy) is 3. The maximum absolute atomic E-state index is 12.2. The summed E-state index contributed by atoms with van der Waals surface area (Å²) in [6, 6.07) is 15.7. The Morgan fingerprint density at radius 1 is 1.15 bits per heavy atom. The van der Waals surface area contributed by atoms with Crippen LogP contribution in [-0.4, -0.2) is 37.3 Å². The summed E-state index contributed by atoms with van der Waals surface area (Å²) in [5.74, 6) is -0.278. The fourth-order valence-electron chi connectivity index (χ4n) is 2.70. The van der Waals surface area contributed by atoms with E-state index in [1.165, 1.54) is 6.92 Å². The van der Waals surface area contributed by atoms with Gasteiger partial charge >= 0.3 is 5.97 Å². The molecule has 142 valence electrons.